The molecule has 0 fully saturated rings. The molecule has 1 unspecified atom stereocenters. The average Bonchev–Trinajstić information content (AvgIpc) is 3.02. The summed E-state index contributed by atoms with van der Waals surface area (Å²) in [5.41, 5.74) is 7.01. The Morgan fingerprint density at radius 1 is 1.19 bits per heavy atom. The highest BCUT2D eigenvalue weighted by Gasteiger charge is 2.09. The minimum absolute atomic E-state index is 0.0731. The molecule has 3 aromatic rings. The summed E-state index contributed by atoms with van der Waals surface area (Å²) in [6.45, 7) is 2.69. The number of methoxy groups -OCH3 is 1. The summed E-state index contributed by atoms with van der Waals surface area (Å²) in [5.74, 6) is -1.66. The topological polar surface area (TPSA) is 128 Å². The first-order valence-electron chi connectivity index (χ1n) is 8.13. The molecule has 1 heterocycles. The Morgan fingerprint density at radius 2 is 1.78 bits per heavy atom. The van der Waals surface area contributed by atoms with Gasteiger partial charge >= 0.3 is 11.9 Å². The number of aromatic nitrogens is 2. The van der Waals surface area contributed by atoms with Crippen molar-refractivity contribution < 1.29 is 24.5 Å². The number of carbonyl (C=O) groups is 2. The van der Waals surface area contributed by atoms with Gasteiger partial charge < -0.3 is 20.7 Å². The van der Waals surface area contributed by atoms with Crippen LogP contribution in [0.5, 0.6) is 5.75 Å². The molecular weight excluding hydrogens is 350 g/mol. The van der Waals surface area contributed by atoms with Crippen LogP contribution in [0.15, 0.2) is 48.7 Å². The van der Waals surface area contributed by atoms with Gasteiger partial charge in [0.1, 0.15) is 5.75 Å². The fourth-order valence-electron chi connectivity index (χ4n) is 2.56. The summed E-state index contributed by atoms with van der Waals surface area (Å²) >= 11 is 0. The lowest BCUT2D eigenvalue weighted by Gasteiger charge is -2.09. The molecule has 8 heteroatoms. The molecule has 0 radical (unpaired) electrons. The summed E-state index contributed by atoms with van der Waals surface area (Å²) in [5, 5.41) is 23.5. The first kappa shape index (κ1) is 19.9. The quantitative estimate of drug-likeness (QED) is 0.587. The highest BCUT2D eigenvalue weighted by atomic mass is 16.5. The van der Waals surface area contributed by atoms with Crippen LogP contribution < -0.4 is 10.5 Å². The van der Waals surface area contributed by atoms with Crippen LogP contribution in [0.1, 0.15) is 6.92 Å². The smallest absolute Gasteiger partial charge is 0.328 e. The van der Waals surface area contributed by atoms with E-state index in [-0.39, 0.29) is 6.04 Å². The predicted molar refractivity (Wildman–Crippen MR) is 102 cm³/mol. The van der Waals surface area contributed by atoms with Gasteiger partial charge in [0.25, 0.3) is 0 Å². The number of hydrogen-bond donors (Lipinski definition) is 3. The van der Waals surface area contributed by atoms with Gasteiger partial charge in [0.2, 0.25) is 0 Å². The predicted octanol–water partition coefficient (Wildman–Crippen LogP) is 2.26. The van der Waals surface area contributed by atoms with Crippen molar-refractivity contribution in [2.75, 3.05) is 7.11 Å². The lowest BCUT2D eigenvalue weighted by Crippen LogP contribution is -2.22. The Morgan fingerprint density at radius 3 is 2.33 bits per heavy atom. The molecule has 4 N–H and O–H groups in total. The second kappa shape index (κ2) is 8.81. The zero-order valence-corrected chi connectivity index (χ0v) is 15.0. The van der Waals surface area contributed by atoms with Crippen molar-refractivity contribution in [1.82, 2.24) is 9.78 Å². The Kier molecular flexibility index (Phi) is 6.51. The summed E-state index contributed by atoms with van der Waals surface area (Å²) < 4.78 is 7.29. The fourth-order valence-corrected chi connectivity index (χ4v) is 2.56. The highest BCUT2D eigenvalue weighted by molar-refractivity contribution is 6.05. The number of aliphatic carboxylic acids is 2. The average molecular weight is 371 g/mol. The SMILES string of the molecule is COc1ccc2ccc3cnn(CC(C)N)c3c2c1.O=C(O)C=CC(=O)O. The molecule has 0 amide bonds. The van der Waals surface area contributed by atoms with Gasteiger partial charge in [-0.25, -0.2) is 9.59 Å². The largest absolute Gasteiger partial charge is 0.497 e. The van der Waals surface area contributed by atoms with E-state index in [1.165, 1.54) is 5.39 Å². The Balaban J connectivity index is 0.000000279. The molecule has 0 aliphatic rings. The van der Waals surface area contributed by atoms with Gasteiger partial charge in [0, 0.05) is 29.0 Å². The molecule has 3 rings (SSSR count). The van der Waals surface area contributed by atoms with Gasteiger partial charge in [-0.2, -0.15) is 5.10 Å². The summed E-state index contributed by atoms with van der Waals surface area (Å²) in [7, 11) is 1.68. The van der Waals surface area contributed by atoms with Gasteiger partial charge in [0.15, 0.2) is 0 Å². The number of rotatable bonds is 5. The third kappa shape index (κ3) is 5.29. The van der Waals surface area contributed by atoms with Crippen LogP contribution in [-0.2, 0) is 16.1 Å². The molecule has 0 aliphatic heterocycles. The maximum Gasteiger partial charge on any atom is 0.328 e. The lowest BCUT2D eigenvalue weighted by atomic mass is 10.1. The van der Waals surface area contributed by atoms with Gasteiger partial charge in [-0.1, -0.05) is 18.2 Å². The van der Waals surface area contributed by atoms with Crippen LogP contribution in [0.25, 0.3) is 21.7 Å². The summed E-state index contributed by atoms with van der Waals surface area (Å²) in [6, 6.07) is 10.4. The van der Waals surface area contributed by atoms with Crippen LogP contribution in [0, 0.1) is 0 Å². The van der Waals surface area contributed by atoms with Crippen molar-refractivity contribution in [3.05, 3.63) is 48.7 Å². The molecule has 8 nitrogen and oxygen atoms in total. The number of carboxylic acids is 2. The van der Waals surface area contributed by atoms with Crippen LogP contribution in [-0.4, -0.2) is 45.1 Å². The van der Waals surface area contributed by atoms with E-state index in [1.807, 2.05) is 23.9 Å². The number of nitrogens with two attached hydrogens (primary N) is 1. The molecule has 0 spiro atoms. The third-order valence-electron chi connectivity index (χ3n) is 3.66. The summed E-state index contributed by atoms with van der Waals surface area (Å²) in [4.78, 5) is 19.1. The Bertz CT molecular complexity index is 976. The molecular formula is C19H21N3O5. The zero-order chi connectivity index (χ0) is 20.0. The van der Waals surface area contributed by atoms with Crippen LogP contribution >= 0.6 is 0 Å². The van der Waals surface area contributed by atoms with Crippen molar-refractivity contribution in [2.24, 2.45) is 5.73 Å². The van der Waals surface area contributed by atoms with Crippen LogP contribution in [0.2, 0.25) is 0 Å². The monoisotopic (exact) mass is 371 g/mol. The fraction of sp³-hybridized carbons (Fsp3) is 0.211. The van der Waals surface area contributed by atoms with Gasteiger partial charge in [-0.15, -0.1) is 0 Å². The van der Waals surface area contributed by atoms with E-state index < -0.39 is 11.9 Å². The minimum atomic E-state index is -1.26. The maximum atomic E-state index is 9.55. The van der Waals surface area contributed by atoms with E-state index in [0.29, 0.717) is 18.7 Å². The molecule has 0 aliphatic carbocycles. The lowest BCUT2D eigenvalue weighted by molar-refractivity contribution is -0.134. The van der Waals surface area contributed by atoms with Crippen molar-refractivity contribution in [3.8, 4) is 5.75 Å². The van der Waals surface area contributed by atoms with Crippen LogP contribution in [0.4, 0.5) is 0 Å². The van der Waals surface area contributed by atoms with Gasteiger partial charge in [-0.05, 0) is 24.4 Å². The highest BCUT2D eigenvalue weighted by Crippen LogP contribution is 2.28. The van der Waals surface area contributed by atoms with E-state index in [0.717, 1.165) is 22.0 Å². The van der Waals surface area contributed by atoms with E-state index in [2.05, 4.69) is 29.4 Å². The normalized spacial score (nSPS) is 12.0. The summed E-state index contributed by atoms with van der Waals surface area (Å²) in [6.07, 6.45) is 3.00. The number of ether oxygens (including phenoxy) is 1. The van der Waals surface area contributed by atoms with Crippen molar-refractivity contribution in [3.63, 3.8) is 0 Å². The number of fused-ring (bicyclic) bond motifs is 3. The van der Waals surface area contributed by atoms with Gasteiger partial charge in [-0.3, -0.25) is 4.68 Å². The van der Waals surface area contributed by atoms with Gasteiger partial charge in [0.05, 0.1) is 25.4 Å². The maximum absolute atomic E-state index is 9.55. The van der Waals surface area contributed by atoms with E-state index in [1.54, 1.807) is 7.11 Å². The molecule has 27 heavy (non-hydrogen) atoms. The first-order chi connectivity index (χ1) is 12.8. The number of benzene rings is 2. The van der Waals surface area contributed by atoms with Crippen molar-refractivity contribution in [2.45, 2.75) is 19.5 Å². The number of nitrogens with zero attached hydrogens (tertiary/aromatic N) is 2. The second-order valence-electron chi connectivity index (χ2n) is 5.90. The molecule has 0 saturated carbocycles. The van der Waals surface area contributed by atoms with Crippen LogP contribution in [0.3, 0.4) is 0 Å². The zero-order valence-electron chi connectivity index (χ0n) is 15.0. The standard InChI is InChI=1S/C15H17N3O.C4H4O4/c1-10(16)9-18-15-12(8-17-18)4-3-11-5-6-13(19-2)7-14(11)15;5-3(6)1-2-4(7)8/h3-8,10H,9,16H2,1-2H3;1-2H,(H,5,6)(H,7,8). The first-order valence-corrected chi connectivity index (χ1v) is 8.13. The molecule has 1 atom stereocenters. The van der Waals surface area contributed by atoms with E-state index >= 15 is 0 Å². The minimum Gasteiger partial charge on any atom is -0.497 e. The number of hydrogen-bond acceptors (Lipinski definition) is 5. The third-order valence-corrected chi connectivity index (χ3v) is 3.66. The molecule has 142 valence electrons. The molecule has 0 bridgehead atoms. The second-order valence-corrected chi connectivity index (χ2v) is 5.90. The van der Waals surface area contributed by atoms with Crippen molar-refractivity contribution >= 4 is 33.6 Å². The molecule has 1 aromatic heterocycles. The van der Waals surface area contributed by atoms with Crippen molar-refractivity contribution in [1.29, 1.82) is 0 Å². The molecule has 0 saturated heterocycles. The Labute approximate surface area is 155 Å². The Hall–Kier alpha value is -3.39. The van der Waals surface area contributed by atoms with E-state index in [9.17, 15) is 9.59 Å². The number of carboxylic acid groups (broad SMARTS) is 2. The molecule has 2 aromatic carbocycles. The van der Waals surface area contributed by atoms with E-state index in [4.69, 9.17) is 20.7 Å².